The maximum absolute atomic E-state index is 10.8. The Morgan fingerprint density at radius 1 is 1.64 bits per heavy atom. The second-order valence-electron chi connectivity index (χ2n) is 2.59. The van der Waals surface area contributed by atoms with Crippen molar-refractivity contribution < 1.29 is 9.90 Å². The molecule has 2 rings (SSSR count). The summed E-state index contributed by atoms with van der Waals surface area (Å²) in [4.78, 5) is 11.6. The Balaban J connectivity index is 2.51. The first-order valence-corrected chi connectivity index (χ1v) is 5.37. The summed E-state index contributed by atoms with van der Waals surface area (Å²) in [6.45, 7) is 0. The Hall–Kier alpha value is -1.14. The minimum Gasteiger partial charge on any atom is -0.478 e. The third kappa shape index (κ3) is 1.58. The summed E-state index contributed by atoms with van der Waals surface area (Å²) in [5, 5.41) is 17.1. The maximum Gasteiger partial charge on any atom is 0.339 e. The molecule has 6 heteroatoms. The SMILES string of the molecule is O=C(O)c1cn[nH]c1-c1cc(Br)cs1. The van der Waals surface area contributed by atoms with Gasteiger partial charge in [-0.1, -0.05) is 0 Å². The van der Waals surface area contributed by atoms with E-state index in [1.807, 2.05) is 11.4 Å². The number of hydrogen-bond donors (Lipinski definition) is 2. The fraction of sp³-hybridized carbons (Fsp3) is 0. The van der Waals surface area contributed by atoms with Crippen molar-refractivity contribution in [1.82, 2.24) is 10.2 Å². The predicted octanol–water partition coefficient (Wildman–Crippen LogP) is 2.60. The van der Waals surface area contributed by atoms with Crippen LogP contribution in [0.3, 0.4) is 0 Å². The normalized spacial score (nSPS) is 10.4. The molecule has 14 heavy (non-hydrogen) atoms. The number of aromatic carboxylic acids is 1. The Kier molecular flexibility index (Phi) is 2.39. The number of rotatable bonds is 2. The van der Waals surface area contributed by atoms with Crippen molar-refractivity contribution in [2.75, 3.05) is 0 Å². The summed E-state index contributed by atoms with van der Waals surface area (Å²) in [7, 11) is 0. The van der Waals surface area contributed by atoms with E-state index in [-0.39, 0.29) is 5.56 Å². The van der Waals surface area contributed by atoms with Gasteiger partial charge in [-0.15, -0.1) is 11.3 Å². The quantitative estimate of drug-likeness (QED) is 0.883. The number of thiophene rings is 1. The lowest BCUT2D eigenvalue weighted by atomic mass is 10.2. The van der Waals surface area contributed by atoms with Crippen molar-refractivity contribution in [2.45, 2.75) is 0 Å². The van der Waals surface area contributed by atoms with Crippen LogP contribution in [0.1, 0.15) is 10.4 Å². The van der Waals surface area contributed by atoms with Crippen LogP contribution in [0.25, 0.3) is 10.6 Å². The molecule has 0 aliphatic carbocycles. The van der Waals surface area contributed by atoms with Gasteiger partial charge in [-0.2, -0.15) is 5.10 Å². The first-order valence-electron chi connectivity index (χ1n) is 3.69. The number of hydrogen-bond acceptors (Lipinski definition) is 3. The molecular formula is C8H5BrN2O2S. The Labute approximate surface area is 91.7 Å². The zero-order chi connectivity index (χ0) is 10.1. The molecule has 0 aliphatic heterocycles. The summed E-state index contributed by atoms with van der Waals surface area (Å²) in [6, 6.07) is 1.85. The number of carboxylic acids is 1. The van der Waals surface area contributed by atoms with Gasteiger partial charge in [0.1, 0.15) is 5.56 Å². The largest absolute Gasteiger partial charge is 0.478 e. The van der Waals surface area contributed by atoms with Gasteiger partial charge in [0, 0.05) is 9.85 Å². The highest BCUT2D eigenvalue weighted by molar-refractivity contribution is 9.10. The number of nitrogens with one attached hydrogen (secondary N) is 1. The molecule has 2 aromatic heterocycles. The van der Waals surface area contributed by atoms with Crippen molar-refractivity contribution in [2.24, 2.45) is 0 Å². The second kappa shape index (κ2) is 3.55. The van der Waals surface area contributed by atoms with Crippen LogP contribution in [-0.4, -0.2) is 21.3 Å². The predicted molar refractivity (Wildman–Crippen MR) is 56.6 cm³/mol. The van der Waals surface area contributed by atoms with Crippen molar-refractivity contribution in [3.8, 4) is 10.6 Å². The zero-order valence-electron chi connectivity index (χ0n) is 6.82. The highest BCUT2D eigenvalue weighted by Crippen LogP contribution is 2.30. The Morgan fingerprint density at radius 2 is 2.43 bits per heavy atom. The van der Waals surface area contributed by atoms with E-state index < -0.39 is 5.97 Å². The molecule has 2 N–H and O–H groups in total. The van der Waals surface area contributed by atoms with Crippen LogP contribution in [0.4, 0.5) is 0 Å². The van der Waals surface area contributed by atoms with Gasteiger partial charge in [0.25, 0.3) is 0 Å². The number of nitrogens with zero attached hydrogens (tertiary/aromatic N) is 1. The smallest absolute Gasteiger partial charge is 0.339 e. The molecule has 0 spiro atoms. The van der Waals surface area contributed by atoms with Crippen LogP contribution in [0.5, 0.6) is 0 Å². The number of aromatic nitrogens is 2. The molecule has 4 nitrogen and oxygen atoms in total. The minimum absolute atomic E-state index is 0.194. The Bertz CT molecular complexity index is 477. The molecule has 0 bridgehead atoms. The molecule has 0 amide bonds. The highest BCUT2D eigenvalue weighted by atomic mass is 79.9. The van der Waals surface area contributed by atoms with Crippen molar-refractivity contribution >= 4 is 33.2 Å². The standard InChI is InChI=1S/C8H5BrN2O2S/c9-4-1-6(14-3-4)7-5(8(12)13)2-10-11-7/h1-3H,(H,10,11)(H,12,13). The summed E-state index contributed by atoms with van der Waals surface area (Å²) < 4.78 is 0.934. The molecule has 2 heterocycles. The van der Waals surface area contributed by atoms with Crippen LogP contribution >= 0.6 is 27.3 Å². The third-order valence-corrected chi connectivity index (χ3v) is 3.39. The molecule has 0 fully saturated rings. The first-order chi connectivity index (χ1) is 6.68. The molecule has 0 aliphatic rings. The van der Waals surface area contributed by atoms with Gasteiger partial charge in [0.2, 0.25) is 0 Å². The fourth-order valence-electron chi connectivity index (χ4n) is 1.08. The lowest BCUT2D eigenvalue weighted by Gasteiger charge is -1.93. The average molecular weight is 273 g/mol. The summed E-state index contributed by atoms with van der Waals surface area (Å²) >= 11 is 4.77. The van der Waals surface area contributed by atoms with Crippen molar-refractivity contribution in [3.63, 3.8) is 0 Å². The van der Waals surface area contributed by atoms with E-state index in [0.717, 1.165) is 9.35 Å². The van der Waals surface area contributed by atoms with E-state index in [0.29, 0.717) is 5.69 Å². The lowest BCUT2D eigenvalue weighted by molar-refractivity contribution is 0.0698. The van der Waals surface area contributed by atoms with Gasteiger partial charge in [-0.3, -0.25) is 5.10 Å². The Morgan fingerprint density at radius 3 is 3.00 bits per heavy atom. The van der Waals surface area contributed by atoms with E-state index in [1.165, 1.54) is 17.5 Å². The van der Waals surface area contributed by atoms with E-state index in [9.17, 15) is 4.79 Å². The van der Waals surface area contributed by atoms with Gasteiger partial charge < -0.3 is 5.11 Å². The summed E-state index contributed by atoms with van der Waals surface area (Å²) in [5.74, 6) is -0.974. The number of halogens is 1. The van der Waals surface area contributed by atoms with E-state index in [4.69, 9.17) is 5.11 Å². The van der Waals surface area contributed by atoms with Crippen LogP contribution in [-0.2, 0) is 0 Å². The summed E-state index contributed by atoms with van der Waals surface area (Å²) in [5.41, 5.74) is 0.743. The number of aromatic amines is 1. The van der Waals surface area contributed by atoms with Gasteiger partial charge in [-0.05, 0) is 22.0 Å². The van der Waals surface area contributed by atoms with Gasteiger partial charge in [0.05, 0.1) is 16.8 Å². The maximum atomic E-state index is 10.8. The minimum atomic E-state index is -0.974. The third-order valence-electron chi connectivity index (χ3n) is 1.68. The van der Waals surface area contributed by atoms with Crippen LogP contribution in [0.2, 0.25) is 0 Å². The molecule has 0 saturated carbocycles. The van der Waals surface area contributed by atoms with E-state index >= 15 is 0 Å². The van der Waals surface area contributed by atoms with Crippen LogP contribution in [0.15, 0.2) is 22.1 Å². The van der Waals surface area contributed by atoms with Gasteiger partial charge in [0.15, 0.2) is 0 Å². The van der Waals surface area contributed by atoms with Crippen molar-refractivity contribution in [1.29, 1.82) is 0 Å². The molecule has 0 saturated heterocycles. The van der Waals surface area contributed by atoms with Crippen LogP contribution < -0.4 is 0 Å². The van der Waals surface area contributed by atoms with Crippen LogP contribution in [0, 0.1) is 0 Å². The molecule has 0 atom stereocenters. The van der Waals surface area contributed by atoms with E-state index in [2.05, 4.69) is 26.1 Å². The summed E-state index contributed by atoms with van der Waals surface area (Å²) in [6.07, 6.45) is 1.31. The molecule has 0 aromatic carbocycles. The lowest BCUT2D eigenvalue weighted by Crippen LogP contribution is -1.95. The van der Waals surface area contributed by atoms with E-state index in [1.54, 1.807) is 0 Å². The molecule has 2 aromatic rings. The molecule has 72 valence electrons. The topological polar surface area (TPSA) is 66.0 Å². The number of carbonyl (C=O) groups is 1. The number of H-pyrrole nitrogens is 1. The zero-order valence-corrected chi connectivity index (χ0v) is 9.22. The first kappa shape index (κ1) is 9.42. The van der Waals surface area contributed by atoms with Gasteiger partial charge >= 0.3 is 5.97 Å². The second-order valence-corrected chi connectivity index (χ2v) is 4.42. The highest BCUT2D eigenvalue weighted by Gasteiger charge is 2.14. The average Bonchev–Trinajstić information content (AvgIpc) is 2.70. The van der Waals surface area contributed by atoms with Gasteiger partial charge in [-0.25, -0.2) is 4.79 Å². The molecular weight excluding hydrogens is 268 g/mol. The molecule has 0 unspecified atom stereocenters. The molecule has 0 radical (unpaired) electrons. The fourth-order valence-corrected chi connectivity index (χ4v) is 2.52. The van der Waals surface area contributed by atoms with Crippen molar-refractivity contribution in [3.05, 3.63) is 27.7 Å². The monoisotopic (exact) mass is 272 g/mol. The number of carboxylic acid groups (broad SMARTS) is 1.